The van der Waals surface area contributed by atoms with Crippen LogP contribution in [0.3, 0.4) is 0 Å². The maximum Gasteiger partial charge on any atom is 0.223 e. The summed E-state index contributed by atoms with van der Waals surface area (Å²) < 4.78 is 11.6. The van der Waals surface area contributed by atoms with Crippen LogP contribution in [-0.2, 0) is 22.5 Å². The Hall–Kier alpha value is -2.03. The number of hydrogen-bond acceptors (Lipinski definition) is 7. The molecule has 1 atom stereocenters. The fourth-order valence-electron chi connectivity index (χ4n) is 3.00. The number of carbonyl (C=O) groups excluding carboxylic acids is 1. The molecule has 1 aliphatic heterocycles. The van der Waals surface area contributed by atoms with E-state index in [1.165, 1.54) is 23.8 Å². The standard InChI is InChI=1S/C19H26N4O3S/c1-13(2)26-18-9-15(4-5-20-18)8-16-11-23(6-7-25-16)12-17-10-21-19(27-17)22-14(3)24/h4-5,9-10,13,16H,6-8,11-12H2,1-3H3,(H,21,22,24)/t16-/m1/s1. The zero-order chi connectivity index (χ0) is 19.2. The largest absolute Gasteiger partial charge is 0.475 e. The van der Waals surface area contributed by atoms with Gasteiger partial charge >= 0.3 is 0 Å². The van der Waals surface area contributed by atoms with Crippen LogP contribution in [0.4, 0.5) is 5.13 Å². The van der Waals surface area contributed by atoms with E-state index in [0.29, 0.717) is 17.6 Å². The van der Waals surface area contributed by atoms with Crippen molar-refractivity contribution in [3.63, 3.8) is 0 Å². The van der Waals surface area contributed by atoms with Gasteiger partial charge in [-0.2, -0.15) is 0 Å². The van der Waals surface area contributed by atoms with Gasteiger partial charge in [0.05, 0.1) is 18.8 Å². The van der Waals surface area contributed by atoms with Crippen molar-refractivity contribution in [2.75, 3.05) is 25.0 Å². The van der Waals surface area contributed by atoms with Crippen LogP contribution in [-0.4, -0.2) is 52.7 Å². The molecule has 1 aliphatic rings. The molecule has 1 saturated heterocycles. The summed E-state index contributed by atoms with van der Waals surface area (Å²) in [7, 11) is 0. The Morgan fingerprint density at radius 2 is 2.33 bits per heavy atom. The Bertz CT molecular complexity index is 765. The second-order valence-electron chi connectivity index (χ2n) is 6.91. The number of amides is 1. The smallest absolute Gasteiger partial charge is 0.223 e. The Balaban J connectivity index is 1.55. The minimum absolute atomic E-state index is 0.0968. The number of nitrogens with one attached hydrogen (secondary N) is 1. The van der Waals surface area contributed by atoms with Crippen LogP contribution in [0.2, 0.25) is 0 Å². The number of ether oxygens (including phenoxy) is 2. The fourth-order valence-corrected chi connectivity index (χ4v) is 3.90. The highest BCUT2D eigenvalue weighted by molar-refractivity contribution is 7.15. The molecule has 0 aromatic carbocycles. The number of pyridine rings is 1. The molecule has 3 rings (SSSR count). The molecule has 0 saturated carbocycles. The highest BCUT2D eigenvalue weighted by Gasteiger charge is 2.22. The van der Waals surface area contributed by atoms with Crippen molar-refractivity contribution in [1.82, 2.24) is 14.9 Å². The number of aromatic nitrogens is 2. The van der Waals surface area contributed by atoms with Gasteiger partial charge in [0.2, 0.25) is 11.8 Å². The summed E-state index contributed by atoms with van der Waals surface area (Å²) in [4.78, 5) is 23.1. The summed E-state index contributed by atoms with van der Waals surface area (Å²) in [5, 5.41) is 3.38. The van der Waals surface area contributed by atoms with E-state index >= 15 is 0 Å². The van der Waals surface area contributed by atoms with E-state index in [4.69, 9.17) is 9.47 Å². The van der Waals surface area contributed by atoms with Gasteiger partial charge in [0, 0.05) is 56.3 Å². The quantitative estimate of drug-likeness (QED) is 0.783. The van der Waals surface area contributed by atoms with E-state index in [1.807, 2.05) is 32.2 Å². The average molecular weight is 391 g/mol. The van der Waals surface area contributed by atoms with Gasteiger partial charge in [0.15, 0.2) is 5.13 Å². The fraction of sp³-hybridized carbons (Fsp3) is 0.526. The number of thiazole rings is 1. The summed E-state index contributed by atoms with van der Waals surface area (Å²) in [6.45, 7) is 8.75. The van der Waals surface area contributed by atoms with Crippen LogP contribution in [0.1, 0.15) is 31.2 Å². The van der Waals surface area contributed by atoms with Gasteiger partial charge in [0.1, 0.15) is 0 Å². The first kappa shape index (κ1) is 19.7. The number of hydrogen-bond donors (Lipinski definition) is 1. The number of morpholine rings is 1. The summed E-state index contributed by atoms with van der Waals surface area (Å²) in [6, 6.07) is 4.00. The van der Waals surface area contributed by atoms with Crippen LogP contribution in [0, 0.1) is 0 Å². The highest BCUT2D eigenvalue weighted by Crippen LogP contribution is 2.22. The third-order valence-electron chi connectivity index (χ3n) is 4.06. The number of rotatable bonds is 7. The van der Waals surface area contributed by atoms with Crippen molar-refractivity contribution < 1.29 is 14.3 Å². The van der Waals surface area contributed by atoms with Gasteiger partial charge in [-0.05, 0) is 25.5 Å². The van der Waals surface area contributed by atoms with E-state index in [0.717, 1.165) is 30.9 Å². The van der Waals surface area contributed by atoms with Crippen molar-refractivity contribution in [3.05, 3.63) is 35.0 Å². The molecule has 146 valence electrons. The number of anilines is 1. The monoisotopic (exact) mass is 390 g/mol. The lowest BCUT2D eigenvalue weighted by Gasteiger charge is -2.32. The zero-order valence-corrected chi connectivity index (χ0v) is 16.8. The molecule has 0 spiro atoms. The molecule has 2 aromatic rings. The lowest BCUT2D eigenvalue weighted by molar-refractivity contribution is -0.114. The molecule has 0 aliphatic carbocycles. The predicted octanol–water partition coefficient (Wildman–Crippen LogP) is 2.73. The van der Waals surface area contributed by atoms with Crippen molar-refractivity contribution >= 4 is 22.4 Å². The molecule has 3 heterocycles. The first-order chi connectivity index (χ1) is 13.0. The molecule has 1 N–H and O–H groups in total. The molecular formula is C19H26N4O3S. The van der Waals surface area contributed by atoms with Crippen LogP contribution in [0.25, 0.3) is 0 Å². The van der Waals surface area contributed by atoms with Crippen molar-refractivity contribution in [1.29, 1.82) is 0 Å². The topological polar surface area (TPSA) is 76.6 Å². The minimum atomic E-state index is -0.0968. The second kappa shape index (κ2) is 9.25. The van der Waals surface area contributed by atoms with Crippen molar-refractivity contribution in [3.8, 4) is 5.88 Å². The third kappa shape index (κ3) is 6.27. The summed E-state index contributed by atoms with van der Waals surface area (Å²) in [6.07, 6.45) is 4.69. The lowest BCUT2D eigenvalue weighted by Crippen LogP contribution is -2.42. The SMILES string of the molecule is CC(=O)Nc1ncc(CN2CCO[C@H](Cc3ccnc(OC(C)C)c3)C2)s1. The number of carbonyl (C=O) groups is 1. The van der Waals surface area contributed by atoms with Crippen LogP contribution in [0.15, 0.2) is 24.5 Å². The molecule has 0 radical (unpaired) electrons. The van der Waals surface area contributed by atoms with E-state index in [9.17, 15) is 4.79 Å². The second-order valence-corrected chi connectivity index (χ2v) is 8.03. The predicted molar refractivity (Wildman–Crippen MR) is 105 cm³/mol. The highest BCUT2D eigenvalue weighted by atomic mass is 32.1. The minimum Gasteiger partial charge on any atom is -0.475 e. The van der Waals surface area contributed by atoms with Crippen LogP contribution in [0.5, 0.6) is 5.88 Å². The van der Waals surface area contributed by atoms with Crippen LogP contribution < -0.4 is 10.1 Å². The normalized spacial score (nSPS) is 17.9. The van der Waals surface area contributed by atoms with Gasteiger partial charge in [-0.15, -0.1) is 11.3 Å². The Kier molecular flexibility index (Phi) is 6.76. The summed E-state index contributed by atoms with van der Waals surface area (Å²) >= 11 is 1.52. The van der Waals surface area contributed by atoms with Gasteiger partial charge in [-0.1, -0.05) is 0 Å². The Morgan fingerprint density at radius 1 is 1.48 bits per heavy atom. The van der Waals surface area contributed by atoms with E-state index < -0.39 is 0 Å². The molecule has 0 bridgehead atoms. The lowest BCUT2D eigenvalue weighted by atomic mass is 10.1. The van der Waals surface area contributed by atoms with Crippen molar-refractivity contribution in [2.24, 2.45) is 0 Å². The number of nitrogens with zero attached hydrogens (tertiary/aromatic N) is 3. The maximum absolute atomic E-state index is 11.1. The third-order valence-corrected chi connectivity index (χ3v) is 4.96. The summed E-state index contributed by atoms with van der Waals surface area (Å²) in [5.41, 5.74) is 1.17. The van der Waals surface area contributed by atoms with Crippen molar-refractivity contribution in [2.45, 2.75) is 45.9 Å². The average Bonchev–Trinajstić information content (AvgIpc) is 3.01. The van der Waals surface area contributed by atoms with Gasteiger partial charge in [-0.25, -0.2) is 9.97 Å². The molecule has 2 aromatic heterocycles. The Labute approximate surface area is 163 Å². The molecule has 1 fully saturated rings. The zero-order valence-electron chi connectivity index (χ0n) is 16.0. The summed E-state index contributed by atoms with van der Waals surface area (Å²) in [5.74, 6) is 0.561. The maximum atomic E-state index is 11.1. The van der Waals surface area contributed by atoms with Gasteiger partial charge in [0.25, 0.3) is 0 Å². The molecule has 27 heavy (non-hydrogen) atoms. The molecule has 0 unspecified atom stereocenters. The first-order valence-corrected chi connectivity index (χ1v) is 9.97. The van der Waals surface area contributed by atoms with E-state index in [-0.39, 0.29) is 18.1 Å². The van der Waals surface area contributed by atoms with E-state index in [2.05, 4.69) is 20.2 Å². The molecule has 7 nitrogen and oxygen atoms in total. The van der Waals surface area contributed by atoms with Gasteiger partial charge < -0.3 is 14.8 Å². The van der Waals surface area contributed by atoms with Crippen LogP contribution >= 0.6 is 11.3 Å². The van der Waals surface area contributed by atoms with Gasteiger partial charge in [-0.3, -0.25) is 9.69 Å². The molecular weight excluding hydrogens is 364 g/mol. The molecule has 1 amide bonds. The van der Waals surface area contributed by atoms with E-state index in [1.54, 1.807) is 6.20 Å². The first-order valence-electron chi connectivity index (χ1n) is 9.16. The molecule has 8 heteroatoms. The Morgan fingerprint density at radius 3 is 3.11 bits per heavy atom.